The third-order valence-corrected chi connectivity index (χ3v) is 4.44. The highest BCUT2D eigenvalue weighted by molar-refractivity contribution is 9.10. The lowest BCUT2D eigenvalue weighted by molar-refractivity contribution is 0.460. The molecule has 1 aliphatic carbocycles. The fourth-order valence-corrected chi connectivity index (χ4v) is 2.96. The first-order valence-electron chi connectivity index (χ1n) is 7.03. The third kappa shape index (κ3) is 3.07. The molecule has 104 valence electrons. The lowest BCUT2D eigenvalue weighted by Gasteiger charge is -2.22. The van der Waals surface area contributed by atoms with Gasteiger partial charge in [0.25, 0.3) is 0 Å². The van der Waals surface area contributed by atoms with Crippen molar-refractivity contribution in [2.75, 3.05) is 6.54 Å². The molecule has 0 radical (unpaired) electrons. The number of nitrogens with zero attached hydrogens (tertiary/aromatic N) is 2. The van der Waals surface area contributed by atoms with Crippen LogP contribution >= 0.6 is 15.9 Å². The minimum Gasteiger partial charge on any atom is -0.330 e. The predicted octanol–water partition coefficient (Wildman–Crippen LogP) is 2.89. The van der Waals surface area contributed by atoms with Crippen LogP contribution in [0.1, 0.15) is 29.1 Å². The summed E-state index contributed by atoms with van der Waals surface area (Å²) in [5, 5.41) is 0. The van der Waals surface area contributed by atoms with Crippen LogP contribution < -0.4 is 5.73 Å². The number of aryl methyl sites for hydroxylation is 1. The summed E-state index contributed by atoms with van der Waals surface area (Å²) < 4.78 is 1.10. The molecule has 0 amide bonds. The Labute approximate surface area is 127 Å². The van der Waals surface area contributed by atoms with Gasteiger partial charge in [-0.1, -0.05) is 28.1 Å². The Hall–Kier alpha value is -1.26. The van der Waals surface area contributed by atoms with Crippen molar-refractivity contribution in [3.63, 3.8) is 0 Å². The van der Waals surface area contributed by atoms with E-state index in [1.165, 1.54) is 16.8 Å². The van der Waals surface area contributed by atoms with Crippen LogP contribution in [-0.4, -0.2) is 16.5 Å². The molecule has 0 bridgehead atoms. The zero-order valence-electron chi connectivity index (χ0n) is 11.3. The van der Waals surface area contributed by atoms with Crippen molar-refractivity contribution in [2.24, 2.45) is 11.7 Å². The molecule has 1 atom stereocenters. The van der Waals surface area contributed by atoms with Crippen LogP contribution in [0.4, 0.5) is 0 Å². The largest absolute Gasteiger partial charge is 0.330 e. The molecular formula is C16H18BrN3. The summed E-state index contributed by atoms with van der Waals surface area (Å²) in [7, 11) is 0. The van der Waals surface area contributed by atoms with Crippen molar-refractivity contribution < 1.29 is 0 Å². The summed E-state index contributed by atoms with van der Waals surface area (Å²) >= 11 is 3.45. The zero-order valence-corrected chi connectivity index (χ0v) is 12.9. The Kier molecular flexibility index (Phi) is 4.13. The molecule has 0 fully saturated rings. The number of nitrogens with two attached hydrogens (primary N) is 1. The Bertz CT molecular complexity index is 595. The van der Waals surface area contributed by atoms with E-state index in [4.69, 9.17) is 10.7 Å². The Morgan fingerprint density at radius 2 is 2.05 bits per heavy atom. The molecule has 1 aliphatic rings. The minimum absolute atomic E-state index is 0.600. The van der Waals surface area contributed by atoms with Crippen LogP contribution in [0.2, 0.25) is 0 Å². The smallest absolute Gasteiger partial charge is 0.132 e. The third-order valence-electron chi connectivity index (χ3n) is 3.91. The van der Waals surface area contributed by atoms with Gasteiger partial charge in [-0.3, -0.25) is 0 Å². The van der Waals surface area contributed by atoms with Gasteiger partial charge in [0.1, 0.15) is 5.82 Å². The average Bonchev–Trinajstić information content (AvgIpc) is 2.49. The summed E-state index contributed by atoms with van der Waals surface area (Å²) in [5.74, 6) is 1.51. The van der Waals surface area contributed by atoms with E-state index in [1.807, 2.05) is 6.20 Å². The van der Waals surface area contributed by atoms with E-state index in [1.54, 1.807) is 0 Å². The molecule has 0 saturated carbocycles. The Balaban J connectivity index is 1.77. The van der Waals surface area contributed by atoms with E-state index < -0.39 is 0 Å². The van der Waals surface area contributed by atoms with E-state index in [9.17, 15) is 0 Å². The van der Waals surface area contributed by atoms with Crippen LogP contribution in [0, 0.1) is 5.92 Å². The molecule has 0 aliphatic heterocycles. The highest BCUT2D eigenvalue weighted by Gasteiger charge is 2.19. The van der Waals surface area contributed by atoms with Gasteiger partial charge in [-0.25, -0.2) is 9.97 Å². The van der Waals surface area contributed by atoms with Crippen LogP contribution in [0.25, 0.3) is 0 Å². The fourth-order valence-electron chi connectivity index (χ4n) is 2.70. The number of aromatic nitrogens is 2. The van der Waals surface area contributed by atoms with Crippen LogP contribution in [0.5, 0.6) is 0 Å². The molecule has 0 spiro atoms. The van der Waals surface area contributed by atoms with E-state index in [-0.39, 0.29) is 0 Å². The molecular weight excluding hydrogens is 314 g/mol. The maximum absolute atomic E-state index is 5.76. The number of fused-ring (bicyclic) bond motifs is 1. The number of hydrogen-bond acceptors (Lipinski definition) is 3. The molecule has 2 aromatic rings. The van der Waals surface area contributed by atoms with Gasteiger partial charge in [0, 0.05) is 22.8 Å². The van der Waals surface area contributed by atoms with Crippen molar-refractivity contribution in [1.82, 2.24) is 9.97 Å². The van der Waals surface area contributed by atoms with Gasteiger partial charge >= 0.3 is 0 Å². The van der Waals surface area contributed by atoms with Crippen molar-refractivity contribution in [3.8, 4) is 0 Å². The van der Waals surface area contributed by atoms with E-state index >= 15 is 0 Å². The van der Waals surface area contributed by atoms with Crippen molar-refractivity contribution in [1.29, 1.82) is 0 Å². The quantitative estimate of drug-likeness (QED) is 0.940. The van der Waals surface area contributed by atoms with E-state index in [0.29, 0.717) is 5.92 Å². The highest BCUT2D eigenvalue weighted by Crippen LogP contribution is 2.23. The first kappa shape index (κ1) is 13.7. The maximum Gasteiger partial charge on any atom is 0.132 e. The van der Waals surface area contributed by atoms with Gasteiger partial charge in [-0.15, -0.1) is 0 Å². The van der Waals surface area contributed by atoms with Gasteiger partial charge < -0.3 is 5.73 Å². The molecule has 20 heavy (non-hydrogen) atoms. The van der Waals surface area contributed by atoms with Gasteiger partial charge in [0.2, 0.25) is 0 Å². The Morgan fingerprint density at radius 1 is 1.25 bits per heavy atom. The van der Waals surface area contributed by atoms with Gasteiger partial charge in [-0.05, 0) is 55.0 Å². The van der Waals surface area contributed by atoms with Crippen LogP contribution in [0.3, 0.4) is 0 Å². The Morgan fingerprint density at radius 3 is 2.80 bits per heavy atom. The van der Waals surface area contributed by atoms with Gasteiger partial charge in [-0.2, -0.15) is 0 Å². The summed E-state index contributed by atoms with van der Waals surface area (Å²) in [6.07, 6.45) is 6.01. The molecule has 2 N–H and O–H groups in total. The monoisotopic (exact) mass is 331 g/mol. The first-order chi connectivity index (χ1) is 9.74. The topological polar surface area (TPSA) is 51.8 Å². The maximum atomic E-state index is 5.76. The number of benzene rings is 1. The molecule has 4 heteroatoms. The first-order valence-corrected chi connectivity index (χ1v) is 7.82. The zero-order chi connectivity index (χ0) is 13.9. The number of halogens is 1. The second-order valence-electron chi connectivity index (χ2n) is 5.41. The molecule has 1 heterocycles. The lowest BCUT2D eigenvalue weighted by atomic mass is 9.87. The normalized spacial score (nSPS) is 17.8. The summed E-state index contributed by atoms with van der Waals surface area (Å²) in [4.78, 5) is 9.25. The highest BCUT2D eigenvalue weighted by atomic mass is 79.9. The molecule has 3 rings (SSSR count). The van der Waals surface area contributed by atoms with Crippen molar-refractivity contribution in [2.45, 2.75) is 25.7 Å². The minimum atomic E-state index is 0.600. The average molecular weight is 332 g/mol. The van der Waals surface area contributed by atoms with Gasteiger partial charge in [0.05, 0.1) is 0 Å². The standard InChI is InChI=1S/C16H18BrN3/c17-14-4-1-11(2-5-14)8-16-19-10-13-7-12(9-18)3-6-15(13)20-16/h1-2,4-5,10,12H,3,6-9,18H2. The molecule has 3 nitrogen and oxygen atoms in total. The number of rotatable bonds is 3. The summed E-state index contributed by atoms with van der Waals surface area (Å²) in [5.41, 5.74) is 9.50. The SMILES string of the molecule is NCC1CCc2nc(Cc3ccc(Br)cc3)ncc2C1. The molecule has 1 aromatic carbocycles. The van der Waals surface area contributed by atoms with Crippen LogP contribution in [0.15, 0.2) is 34.9 Å². The van der Waals surface area contributed by atoms with Crippen molar-refractivity contribution in [3.05, 3.63) is 57.6 Å². The van der Waals surface area contributed by atoms with Gasteiger partial charge in [0.15, 0.2) is 0 Å². The molecule has 0 saturated heterocycles. The molecule has 1 aromatic heterocycles. The van der Waals surface area contributed by atoms with E-state index in [0.717, 1.165) is 42.5 Å². The second kappa shape index (κ2) is 6.02. The molecule has 1 unspecified atom stereocenters. The fraction of sp³-hybridized carbons (Fsp3) is 0.375. The summed E-state index contributed by atoms with van der Waals surface area (Å²) in [6.45, 7) is 0.764. The second-order valence-corrected chi connectivity index (χ2v) is 6.32. The van der Waals surface area contributed by atoms with E-state index in [2.05, 4.69) is 45.2 Å². The van der Waals surface area contributed by atoms with Crippen LogP contribution in [-0.2, 0) is 19.3 Å². The summed E-state index contributed by atoms with van der Waals surface area (Å²) in [6, 6.07) is 8.33. The predicted molar refractivity (Wildman–Crippen MR) is 83.5 cm³/mol. The van der Waals surface area contributed by atoms with Crippen molar-refractivity contribution >= 4 is 15.9 Å². The lowest BCUT2D eigenvalue weighted by Crippen LogP contribution is -2.23. The number of hydrogen-bond donors (Lipinski definition) is 1.